The van der Waals surface area contributed by atoms with Crippen molar-refractivity contribution in [3.05, 3.63) is 59.8 Å². The molecule has 0 unspecified atom stereocenters. The molecule has 22 heavy (non-hydrogen) atoms. The van der Waals surface area contributed by atoms with Crippen LogP contribution in [-0.2, 0) is 16.1 Å². The van der Waals surface area contributed by atoms with Crippen LogP contribution in [0.5, 0.6) is 0 Å². The maximum Gasteiger partial charge on any atom is 0.183 e. The van der Waals surface area contributed by atoms with E-state index in [1.807, 2.05) is 0 Å². The van der Waals surface area contributed by atoms with Crippen LogP contribution in [0.1, 0.15) is 10.4 Å². The number of nitrogens with zero attached hydrogens (tertiary/aromatic N) is 3. The van der Waals surface area contributed by atoms with Crippen LogP contribution in [0.2, 0.25) is 0 Å². The number of hydrogen-bond donors (Lipinski definition) is 0. The van der Waals surface area contributed by atoms with Crippen molar-refractivity contribution in [2.45, 2.75) is 6.54 Å². The number of ketones is 2. The van der Waals surface area contributed by atoms with Gasteiger partial charge in [0.15, 0.2) is 11.6 Å². The van der Waals surface area contributed by atoms with E-state index < -0.39 is 0 Å². The van der Waals surface area contributed by atoms with Gasteiger partial charge in [0, 0.05) is 16.7 Å². The number of aromatic nitrogens is 3. The molecule has 1 aliphatic carbocycles. The predicted octanol–water partition coefficient (Wildman–Crippen LogP) is 1.39. The Morgan fingerprint density at radius 1 is 1.09 bits per heavy atom. The molecule has 0 N–H and O–H groups in total. The van der Waals surface area contributed by atoms with Crippen LogP contribution in [0.3, 0.4) is 0 Å². The Morgan fingerprint density at radius 3 is 2.59 bits per heavy atom. The highest BCUT2D eigenvalue weighted by Gasteiger charge is 2.14. The summed E-state index contributed by atoms with van der Waals surface area (Å²) < 4.78 is 1.50. The summed E-state index contributed by atoms with van der Waals surface area (Å²) in [5, 5.41) is 7.99. The Morgan fingerprint density at radius 2 is 1.86 bits per heavy atom. The summed E-state index contributed by atoms with van der Waals surface area (Å²) in [6.45, 7) is 0.189. The zero-order valence-electron chi connectivity index (χ0n) is 11.5. The minimum Gasteiger partial charge on any atom is -0.298 e. The number of aldehydes is 1. The van der Waals surface area contributed by atoms with E-state index >= 15 is 0 Å². The van der Waals surface area contributed by atoms with Gasteiger partial charge in [-0.05, 0) is 18.2 Å². The number of allylic oxidation sites excluding steroid dienone is 4. The quantitative estimate of drug-likeness (QED) is 0.628. The molecule has 1 aromatic heterocycles. The van der Waals surface area contributed by atoms with Gasteiger partial charge in [0.2, 0.25) is 0 Å². The Bertz CT molecular complexity index is 813. The molecule has 1 heterocycles. The molecule has 1 aromatic carbocycles. The maximum atomic E-state index is 11.7. The summed E-state index contributed by atoms with van der Waals surface area (Å²) in [5.74, 6) is -0.411. The molecule has 0 amide bonds. The van der Waals surface area contributed by atoms with Gasteiger partial charge >= 0.3 is 0 Å². The fourth-order valence-electron chi connectivity index (χ4n) is 2.09. The molecule has 0 aliphatic heterocycles. The number of hydrogen-bond acceptors (Lipinski definition) is 5. The van der Waals surface area contributed by atoms with E-state index in [0.29, 0.717) is 16.8 Å². The standard InChI is InChI=1S/C16H11N3O3/c20-10-11-1-3-12(4-2-11)15-9-19(18-17-15)8-13-7-14(21)5-6-16(13)22/h1-7,9-10H,8H2. The summed E-state index contributed by atoms with van der Waals surface area (Å²) >= 11 is 0. The summed E-state index contributed by atoms with van der Waals surface area (Å²) in [7, 11) is 0. The van der Waals surface area contributed by atoms with Crippen LogP contribution in [0.15, 0.2) is 54.3 Å². The third-order valence-electron chi connectivity index (χ3n) is 3.25. The fraction of sp³-hybridized carbons (Fsp3) is 0.0625. The van der Waals surface area contributed by atoms with Gasteiger partial charge in [-0.3, -0.25) is 14.4 Å². The van der Waals surface area contributed by atoms with Gasteiger partial charge in [-0.25, -0.2) is 4.68 Å². The molecule has 1 aliphatic rings. The van der Waals surface area contributed by atoms with Crippen LogP contribution in [0.4, 0.5) is 0 Å². The molecular formula is C16H11N3O3. The lowest BCUT2D eigenvalue weighted by Gasteiger charge is -2.05. The molecule has 0 fully saturated rings. The second kappa shape index (κ2) is 5.69. The van der Waals surface area contributed by atoms with Crippen LogP contribution in [0.25, 0.3) is 11.3 Å². The Kier molecular flexibility index (Phi) is 3.57. The fourth-order valence-corrected chi connectivity index (χ4v) is 2.09. The van der Waals surface area contributed by atoms with Crippen molar-refractivity contribution in [3.8, 4) is 11.3 Å². The normalized spacial score (nSPS) is 14.1. The minimum atomic E-state index is -0.209. The van der Waals surface area contributed by atoms with Gasteiger partial charge in [-0.15, -0.1) is 5.10 Å². The Hall–Kier alpha value is -3.15. The van der Waals surface area contributed by atoms with Gasteiger partial charge < -0.3 is 0 Å². The first-order chi connectivity index (χ1) is 10.7. The molecule has 0 saturated carbocycles. The van der Waals surface area contributed by atoms with Gasteiger partial charge in [-0.2, -0.15) is 0 Å². The predicted molar refractivity (Wildman–Crippen MR) is 78.1 cm³/mol. The number of rotatable bonds is 4. The van der Waals surface area contributed by atoms with Crippen LogP contribution < -0.4 is 0 Å². The molecular weight excluding hydrogens is 282 g/mol. The molecule has 0 saturated heterocycles. The Balaban J connectivity index is 1.80. The summed E-state index contributed by atoms with van der Waals surface area (Å²) in [6, 6.07) is 6.93. The molecule has 0 atom stereocenters. The maximum absolute atomic E-state index is 11.7. The second-order valence-electron chi connectivity index (χ2n) is 4.81. The smallest absolute Gasteiger partial charge is 0.183 e. The topological polar surface area (TPSA) is 81.9 Å². The number of benzene rings is 1. The van der Waals surface area contributed by atoms with E-state index in [1.54, 1.807) is 30.5 Å². The second-order valence-corrected chi connectivity index (χ2v) is 4.81. The van der Waals surface area contributed by atoms with Gasteiger partial charge in [0.1, 0.15) is 12.0 Å². The average Bonchev–Trinajstić information content (AvgIpc) is 2.99. The van der Waals surface area contributed by atoms with Crippen molar-refractivity contribution in [1.82, 2.24) is 15.0 Å². The third-order valence-corrected chi connectivity index (χ3v) is 3.25. The third kappa shape index (κ3) is 2.80. The highest BCUT2D eigenvalue weighted by molar-refractivity contribution is 6.17. The highest BCUT2D eigenvalue weighted by Crippen LogP contribution is 2.17. The lowest BCUT2D eigenvalue weighted by Crippen LogP contribution is -2.13. The highest BCUT2D eigenvalue weighted by atomic mass is 16.1. The minimum absolute atomic E-state index is 0.189. The SMILES string of the molecule is O=Cc1ccc(-c2cn(CC3=CC(=O)C=CC3=O)nn2)cc1. The van der Waals surface area contributed by atoms with Gasteiger partial charge in [0.05, 0.1) is 12.7 Å². The zero-order chi connectivity index (χ0) is 15.5. The van der Waals surface area contributed by atoms with Crippen molar-refractivity contribution in [2.24, 2.45) is 0 Å². The summed E-state index contributed by atoms with van der Waals surface area (Å²) in [6.07, 6.45) is 6.27. The lowest BCUT2D eigenvalue weighted by atomic mass is 10.0. The number of carbonyl (C=O) groups is 3. The molecule has 3 rings (SSSR count). The van der Waals surface area contributed by atoms with Crippen LogP contribution >= 0.6 is 0 Å². The van der Waals surface area contributed by atoms with Crippen molar-refractivity contribution in [2.75, 3.05) is 0 Å². The largest absolute Gasteiger partial charge is 0.298 e. The molecule has 2 aromatic rings. The van der Waals surface area contributed by atoms with E-state index in [4.69, 9.17) is 0 Å². The van der Waals surface area contributed by atoms with E-state index in [1.165, 1.54) is 22.9 Å². The van der Waals surface area contributed by atoms with E-state index in [-0.39, 0.29) is 18.1 Å². The molecule has 108 valence electrons. The van der Waals surface area contributed by atoms with E-state index in [9.17, 15) is 14.4 Å². The Labute approximate surface area is 125 Å². The van der Waals surface area contributed by atoms with Crippen molar-refractivity contribution in [3.63, 3.8) is 0 Å². The molecule has 6 heteroatoms. The van der Waals surface area contributed by atoms with Crippen LogP contribution in [0, 0.1) is 0 Å². The first-order valence-electron chi connectivity index (χ1n) is 6.58. The summed E-state index contributed by atoms with van der Waals surface area (Å²) in [4.78, 5) is 33.6. The van der Waals surface area contributed by atoms with Gasteiger partial charge in [-0.1, -0.05) is 29.5 Å². The average molecular weight is 293 g/mol. The first-order valence-corrected chi connectivity index (χ1v) is 6.58. The monoisotopic (exact) mass is 293 g/mol. The molecule has 0 spiro atoms. The van der Waals surface area contributed by atoms with Crippen molar-refractivity contribution < 1.29 is 14.4 Å². The lowest BCUT2D eigenvalue weighted by molar-refractivity contribution is -0.114. The first kappa shape index (κ1) is 13.8. The van der Waals surface area contributed by atoms with Crippen molar-refractivity contribution in [1.29, 1.82) is 0 Å². The summed E-state index contributed by atoms with van der Waals surface area (Å²) in [5.41, 5.74) is 2.40. The molecule has 0 radical (unpaired) electrons. The van der Waals surface area contributed by atoms with Crippen LogP contribution in [-0.4, -0.2) is 32.8 Å². The van der Waals surface area contributed by atoms with E-state index in [0.717, 1.165) is 11.8 Å². The zero-order valence-corrected chi connectivity index (χ0v) is 11.5. The van der Waals surface area contributed by atoms with Crippen molar-refractivity contribution >= 4 is 17.9 Å². The van der Waals surface area contributed by atoms with E-state index in [2.05, 4.69) is 10.3 Å². The molecule has 0 bridgehead atoms. The number of carbonyl (C=O) groups excluding carboxylic acids is 3. The van der Waals surface area contributed by atoms with Gasteiger partial charge in [0.25, 0.3) is 0 Å². The molecule has 6 nitrogen and oxygen atoms in total.